The molecule has 0 fully saturated rings. The third-order valence-corrected chi connectivity index (χ3v) is 6.24. The second-order valence-electron chi connectivity index (χ2n) is 7.76. The van der Waals surface area contributed by atoms with Gasteiger partial charge >= 0.3 is 0 Å². The Morgan fingerprint density at radius 2 is 1.79 bits per heavy atom. The molecular weight excluding hydrogens is 468 g/mol. The van der Waals surface area contributed by atoms with Crippen LogP contribution in [0.25, 0.3) is 17.0 Å². The van der Waals surface area contributed by atoms with Gasteiger partial charge in [-0.15, -0.1) is 0 Å². The van der Waals surface area contributed by atoms with Crippen molar-refractivity contribution in [2.45, 2.75) is 13.0 Å². The average molecular weight is 489 g/mol. The fourth-order valence-corrected chi connectivity index (χ4v) is 4.51. The highest BCUT2D eigenvalue weighted by molar-refractivity contribution is 7.80. The number of hydrogen-bond donors (Lipinski definition) is 1. The molecule has 6 nitrogen and oxygen atoms in total. The van der Waals surface area contributed by atoms with Gasteiger partial charge < -0.3 is 14.6 Å². The number of benzene rings is 3. The predicted molar refractivity (Wildman–Crippen MR) is 138 cm³/mol. The van der Waals surface area contributed by atoms with E-state index in [0.29, 0.717) is 21.9 Å². The molecule has 0 aliphatic carbocycles. The van der Waals surface area contributed by atoms with Crippen LogP contribution in [-0.2, 0) is 0 Å². The van der Waals surface area contributed by atoms with Gasteiger partial charge in [-0.1, -0.05) is 53.2 Å². The minimum atomic E-state index is -0.255. The summed E-state index contributed by atoms with van der Waals surface area (Å²) in [6.07, 6.45) is 0. The Labute approximate surface area is 207 Å². The third-order valence-electron chi connectivity index (χ3n) is 5.69. The van der Waals surface area contributed by atoms with E-state index in [2.05, 4.69) is 10.5 Å². The average Bonchev–Trinajstić information content (AvgIpc) is 3.34. The van der Waals surface area contributed by atoms with Gasteiger partial charge in [0.25, 0.3) is 5.89 Å². The Morgan fingerprint density at radius 3 is 2.53 bits per heavy atom. The maximum absolute atomic E-state index is 6.04. The molecule has 170 valence electrons. The highest BCUT2D eigenvalue weighted by atomic mass is 35.5. The first-order valence-corrected chi connectivity index (χ1v) is 11.4. The minimum Gasteiger partial charge on any atom is -0.497 e. The van der Waals surface area contributed by atoms with E-state index in [1.165, 1.54) is 0 Å². The monoisotopic (exact) mass is 488 g/mol. The Morgan fingerprint density at radius 1 is 1.03 bits per heavy atom. The first-order chi connectivity index (χ1) is 16.5. The molecule has 1 atom stereocenters. The predicted octanol–water partition coefficient (Wildman–Crippen LogP) is 6.27. The topological polar surface area (TPSA) is 63.4 Å². The lowest BCUT2D eigenvalue weighted by Gasteiger charge is -2.37. The van der Waals surface area contributed by atoms with Crippen molar-refractivity contribution in [3.05, 3.63) is 101 Å². The highest BCUT2D eigenvalue weighted by Crippen LogP contribution is 2.39. The molecule has 1 aliphatic rings. The van der Waals surface area contributed by atoms with Crippen molar-refractivity contribution in [2.75, 3.05) is 12.0 Å². The second-order valence-corrected chi connectivity index (χ2v) is 8.58. The van der Waals surface area contributed by atoms with Crippen LogP contribution in [0.4, 0.5) is 5.69 Å². The van der Waals surface area contributed by atoms with E-state index in [1.807, 2.05) is 78.6 Å². The van der Waals surface area contributed by atoms with E-state index in [4.69, 9.17) is 38.1 Å². The number of allylic oxidation sites excluding steroid dienone is 1. The highest BCUT2D eigenvalue weighted by Gasteiger charge is 2.34. The molecule has 4 aromatic rings. The second kappa shape index (κ2) is 9.29. The smallest absolute Gasteiger partial charge is 0.258 e. The Kier molecular flexibility index (Phi) is 6.04. The molecule has 0 saturated heterocycles. The van der Waals surface area contributed by atoms with Crippen LogP contribution in [0.5, 0.6) is 5.75 Å². The maximum atomic E-state index is 6.04. The summed E-state index contributed by atoms with van der Waals surface area (Å²) < 4.78 is 11.2. The van der Waals surface area contributed by atoms with Crippen molar-refractivity contribution in [2.24, 2.45) is 0 Å². The van der Waals surface area contributed by atoms with Gasteiger partial charge in [0.1, 0.15) is 5.75 Å². The summed E-state index contributed by atoms with van der Waals surface area (Å²) in [5, 5.41) is 8.92. The number of nitrogens with zero attached hydrogens (tertiary/aromatic N) is 3. The Bertz CT molecular complexity index is 1370. The fraction of sp³-hybridized carbons (Fsp3) is 0.115. The van der Waals surface area contributed by atoms with Crippen LogP contribution in [0, 0.1) is 0 Å². The van der Waals surface area contributed by atoms with Crippen molar-refractivity contribution >= 4 is 40.2 Å². The van der Waals surface area contributed by atoms with E-state index in [-0.39, 0.29) is 6.04 Å². The molecule has 1 aromatic heterocycles. The maximum Gasteiger partial charge on any atom is 0.258 e. The number of nitrogens with one attached hydrogen (secondary N) is 1. The standard InChI is InChI=1S/C26H21ClN4O2S/c1-16-22(25-29-24(30-33-25)18-11-13-19(27)14-12-18)23(17-7-4-3-5-8-17)28-26(34)31(16)20-9-6-10-21(15-20)32-2/h3-15,23H,1-2H3,(H,28,34). The number of aromatic nitrogens is 2. The molecule has 3 aromatic carbocycles. The van der Waals surface area contributed by atoms with Crippen LogP contribution in [-0.4, -0.2) is 22.4 Å². The number of ether oxygens (including phenoxy) is 1. The molecule has 0 spiro atoms. The van der Waals surface area contributed by atoms with Crippen molar-refractivity contribution in [1.29, 1.82) is 0 Å². The normalized spacial score (nSPS) is 15.9. The zero-order chi connectivity index (χ0) is 23.7. The zero-order valence-corrected chi connectivity index (χ0v) is 20.1. The summed E-state index contributed by atoms with van der Waals surface area (Å²) in [6, 6.07) is 24.9. The fourth-order valence-electron chi connectivity index (χ4n) is 4.03. The van der Waals surface area contributed by atoms with Crippen molar-refractivity contribution in [3.8, 4) is 17.1 Å². The number of methoxy groups -OCH3 is 1. The van der Waals surface area contributed by atoms with Crippen LogP contribution in [0.1, 0.15) is 24.4 Å². The largest absolute Gasteiger partial charge is 0.497 e. The number of rotatable bonds is 5. The van der Waals surface area contributed by atoms with Gasteiger partial charge in [0.15, 0.2) is 5.11 Å². The number of halogens is 1. The third kappa shape index (κ3) is 4.16. The molecule has 0 radical (unpaired) electrons. The SMILES string of the molecule is COc1cccc(N2C(=S)NC(c3ccccc3)C(c3nc(-c4ccc(Cl)cc4)no3)=C2C)c1. The van der Waals surface area contributed by atoms with Gasteiger partial charge in [-0.25, -0.2) is 0 Å². The van der Waals surface area contributed by atoms with Crippen molar-refractivity contribution in [1.82, 2.24) is 15.5 Å². The summed E-state index contributed by atoms with van der Waals surface area (Å²) in [7, 11) is 1.64. The lowest BCUT2D eigenvalue weighted by molar-refractivity contribution is 0.404. The molecule has 1 unspecified atom stereocenters. The minimum absolute atomic E-state index is 0.255. The lowest BCUT2D eigenvalue weighted by Crippen LogP contribution is -2.46. The van der Waals surface area contributed by atoms with E-state index in [1.54, 1.807) is 19.2 Å². The van der Waals surface area contributed by atoms with Crippen LogP contribution >= 0.6 is 23.8 Å². The summed E-state index contributed by atoms with van der Waals surface area (Å²) in [6.45, 7) is 2.00. The zero-order valence-electron chi connectivity index (χ0n) is 18.5. The molecule has 5 rings (SSSR count). The van der Waals surface area contributed by atoms with E-state index < -0.39 is 0 Å². The van der Waals surface area contributed by atoms with Crippen molar-refractivity contribution < 1.29 is 9.26 Å². The van der Waals surface area contributed by atoms with Gasteiger partial charge in [0, 0.05) is 22.3 Å². The summed E-state index contributed by atoms with van der Waals surface area (Å²) in [4.78, 5) is 6.69. The number of hydrogen-bond acceptors (Lipinski definition) is 5. The first kappa shape index (κ1) is 22.1. The lowest BCUT2D eigenvalue weighted by atomic mass is 9.94. The van der Waals surface area contributed by atoms with Crippen LogP contribution in [0.2, 0.25) is 5.02 Å². The van der Waals surface area contributed by atoms with Crippen LogP contribution in [0.15, 0.2) is 89.1 Å². The summed E-state index contributed by atoms with van der Waals surface area (Å²) >= 11 is 11.8. The van der Waals surface area contributed by atoms with Gasteiger partial charge in [-0.05, 0) is 61.1 Å². The van der Waals surface area contributed by atoms with E-state index >= 15 is 0 Å². The molecule has 0 bridgehead atoms. The summed E-state index contributed by atoms with van der Waals surface area (Å²) in [5.74, 6) is 1.64. The van der Waals surface area contributed by atoms with Gasteiger partial charge in [0.05, 0.1) is 24.4 Å². The van der Waals surface area contributed by atoms with Crippen molar-refractivity contribution in [3.63, 3.8) is 0 Å². The molecule has 1 aliphatic heterocycles. The van der Waals surface area contributed by atoms with Crippen LogP contribution < -0.4 is 15.0 Å². The molecule has 0 saturated carbocycles. The van der Waals surface area contributed by atoms with Gasteiger partial charge in [0.2, 0.25) is 5.82 Å². The molecule has 0 amide bonds. The Hall–Kier alpha value is -3.68. The molecule has 2 heterocycles. The molecular formula is C26H21ClN4O2S. The number of anilines is 1. The quantitative estimate of drug-likeness (QED) is 0.332. The Balaban J connectivity index is 1.65. The van der Waals surface area contributed by atoms with Gasteiger partial charge in [-0.3, -0.25) is 4.90 Å². The van der Waals surface area contributed by atoms with E-state index in [9.17, 15) is 0 Å². The van der Waals surface area contributed by atoms with Crippen LogP contribution in [0.3, 0.4) is 0 Å². The number of thiocarbonyl (C=S) groups is 1. The molecule has 8 heteroatoms. The van der Waals surface area contributed by atoms with Gasteiger partial charge in [-0.2, -0.15) is 4.98 Å². The first-order valence-electron chi connectivity index (χ1n) is 10.7. The molecule has 1 N–H and O–H groups in total. The summed E-state index contributed by atoms with van der Waals surface area (Å²) in [5.41, 5.74) is 4.46. The van der Waals surface area contributed by atoms with E-state index in [0.717, 1.165) is 33.8 Å². The molecule has 34 heavy (non-hydrogen) atoms.